The number of carbonyl (C=O) groups is 1. The number of aryl methyl sites for hydroxylation is 1. The molecule has 27 heavy (non-hydrogen) atoms. The molecule has 2 N–H and O–H groups in total. The summed E-state index contributed by atoms with van der Waals surface area (Å²) in [7, 11) is 0. The Morgan fingerprint density at radius 3 is 2.63 bits per heavy atom. The van der Waals surface area contributed by atoms with Crippen molar-refractivity contribution in [1.82, 2.24) is 15.5 Å². The van der Waals surface area contributed by atoms with Crippen molar-refractivity contribution < 1.29 is 9.18 Å². The number of nitrogens with one attached hydrogen (secondary N) is 2. The number of aromatic nitrogens is 2. The van der Waals surface area contributed by atoms with Gasteiger partial charge in [-0.1, -0.05) is 0 Å². The van der Waals surface area contributed by atoms with Crippen LogP contribution >= 0.6 is 11.3 Å². The Hall–Kier alpha value is -2.67. The highest BCUT2D eigenvalue weighted by molar-refractivity contribution is 7.15. The SMILES string of the molecule is Cc1ccc(-c2cc(C(=O)NC3CCN(c4ccc(F)cc4)CC3)n[nH]2)s1. The van der Waals surface area contributed by atoms with Crippen LogP contribution in [-0.4, -0.2) is 35.2 Å². The topological polar surface area (TPSA) is 61.0 Å². The predicted octanol–water partition coefficient (Wildman–Crippen LogP) is 3.98. The molecule has 1 saturated heterocycles. The number of thiophene rings is 1. The number of H-pyrrole nitrogens is 1. The zero-order valence-corrected chi connectivity index (χ0v) is 15.9. The van der Waals surface area contributed by atoms with Gasteiger partial charge in [-0.05, 0) is 62.2 Å². The third-order valence-electron chi connectivity index (χ3n) is 4.84. The highest BCUT2D eigenvalue weighted by atomic mass is 32.1. The van der Waals surface area contributed by atoms with E-state index in [1.165, 1.54) is 17.0 Å². The molecular weight excluding hydrogens is 363 g/mol. The van der Waals surface area contributed by atoms with E-state index in [4.69, 9.17) is 0 Å². The number of carbonyl (C=O) groups excluding carboxylic acids is 1. The third kappa shape index (κ3) is 4.03. The molecule has 1 aromatic carbocycles. The maximum absolute atomic E-state index is 13.1. The van der Waals surface area contributed by atoms with Crippen molar-refractivity contribution in [3.05, 3.63) is 58.9 Å². The summed E-state index contributed by atoms with van der Waals surface area (Å²) in [6.45, 7) is 3.71. The van der Waals surface area contributed by atoms with Gasteiger partial charge in [0.1, 0.15) is 5.82 Å². The summed E-state index contributed by atoms with van der Waals surface area (Å²) in [5.74, 6) is -0.372. The Balaban J connectivity index is 1.33. The minimum Gasteiger partial charge on any atom is -0.371 e. The van der Waals surface area contributed by atoms with E-state index in [9.17, 15) is 9.18 Å². The summed E-state index contributed by atoms with van der Waals surface area (Å²) in [4.78, 5) is 17.0. The van der Waals surface area contributed by atoms with Crippen LogP contribution in [0.5, 0.6) is 0 Å². The van der Waals surface area contributed by atoms with Gasteiger partial charge in [-0.25, -0.2) is 4.39 Å². The van der Waals surface area contributed by atoms with E-state index in [1.54, 1.807) is 29.5 Å². The van der Waals surface area contributed by atoms with Crippen LogP contribution in [0, 0.1) is 12.7 Å². The molecule has 0 aliphatic carbocycles. The van der Waals surface area contributed by atoms with Crippen molar-refractivity contribution >= 4 is 22.9 Å². The number of aromatic amines is 1. The molecule has 0 atom stereocenters. The fourth-order valence-electron chi connectivity index (χ4n) is 3.34. The third-order valence-corrected chi connectivity index (χ3v) is 5.87. The number of hydrogen-bond acceptors (Lipinski definition) is 4. The van der Waals surface area contributed by atoms with Crippen molar-refractivity contribution in [2.75, 3.05) is 18.0 Å². The molecule has 7 heteroatoms. The second-order valence-corrected chi connectivity index (χ2v) is 8.08. The maximum atomic E-state index is 13.1. The summed E-state index contributed by atoms with van der Waals surface area (Å²) in [6.07, 6.45) is 1.70. The Morgan fingerprint density at radius 1 is 1.22 bits per heavy atom. The van der Waals surface area contributed by atoms with E-state index in [2.05, 4.69) is 33.4 Å². The van der Waals surface area contributed by atoms with Crippen LogP contribution in [0.15, 0.2) is 42.5 Å². The number of amides is 1. The van der Waals surface area contributed by atoms with Crippen LogP contribution in [0.1, 0.15) is 28.2 Å². The first-order valence-electron chi connectivity index (χ1n) is 9.02. The summed E-state index contributed by atoms with van der Waals surface area (Å²) in [5.41, 5.74) is 2.30. The fourth-order valence-corrected chi connectivity index (χ4v) is 4.17. The van der Waals surface area contributed by atoms with Gasteiger partial charge in [-0.3, -0.25) is 9.89 Å². The number of halogens is 1. The van der Waals surface area contributed by atoms with E-state index in [1.807, 2.05) is 6.07 Å². The van der Waals surface area contributed by atoms with Crippen LogP contribution in [0.3, 0.4) is 0 Å². The van der Waals surface area contributed by atoms with E-state index in [0.29, 0.717) is 5.69 Å². The zero-order chi connectivity index (χ0) is 18.8. The minimum atomic E-state index is -0.225. The number of hydrogen-bond donors (Lipinski definition) is 2. The average Bonchev–Trinajstić information content (AvgIpc) is 3.32. The second kappa shape index (κ2) is 7.52. The molecule has 1 aliphatic rings. The van der Waals surface area contributed by atoms with Gasteiger partial charge in [0, 0.05) is 29.7 Å². The lowest BCUT2D eigenvalue weighted by molar-refractivity contribution is 0.0926. The van der Waals surface area contributed by atoms with Crippen molar-refractivity contribution in [2.45, 2.75) is 25.8 Å². The number of anilines is 1. The highest BCUT2D eigenvalue weighted by Gasteiger charge is 2.22. The molecule has 3 heterocycles. The molecule has 0 saturated carbocycles. The van der Waals surface area contributed by atoms with Crippen molar-refractivity contribution in [3.63, 3.8) is 0 Å². The fraction of sp³-hybridized carbons (Fsp3) is 0.300. The van der Waals surface area contributed by atoms with Gasteiger partial charge >= 0.3 is 0 Å². The predicted molar refractivity (Wildman–Crippen MR) is 106 cm³/mol. The van der Waals surface area contributed by atoms with Crippen LogP contribution in [0.2, 0.25) is 0 Å². The largest absolute Gasteiger partial charge is 0.371 e. The molecule has 0 unspecified atom stereocenters. The lowest BCUT2D eigenvalue weighted by Crippen LogP contribution is -2.44. The molecule has 5 nitrogen and oxygen atoms in total. The number of nitrogens with zero attached hydrogens (tertiary/aromatic N) is 2. The summed E-state index contributed by atoms with van der Waals surface area (Å²) < 4.78 is 13.1. The first-order chi connectivity index (χ1) is 13.1. The second-order valence-electron chi connectivity index (χ2n) is 6.79. The molecule has 0 radical (unpaired) electrons. The van der Waals surface area contributed by atoms with E-state index >= 15 is 0 Å². The lowest BCUT2D eigenvalue weighted by Gasteiger charge is -2.33. The van der Waals surface area contributed by atoms with Crippen LogP contribution < -0.4 is 10.2 Å². The van der Waals surface area contributed by atoms with Crippen molar-refractivity contribution in [1.29, 1.82) is 0 Å². The van der Waals surface area contributed by atoms with Crippen molar-refractivity contribution in [3.8, 4) is 10.6 Å². The Bertz CT molecular complexity index is 926. The smallest absolute Gasteiger partial charge is 0.272 e. The van der Waals surface area contributed by atoms with Gasteiger partial charge < -0.3 is 10.2 Å². The average molecular weight is 384 g/mol. The summed E-state index contributed by atoms with van der Waals surface area (Å²) >= 11 is 1.67. The highest BCUT2D eigenvalue weighted by Crippen LogP contribution is 2.26. The minimum absolute atomic E-state index is 0.123. The molecule has 0 spiro atoms. The standard InChI is InChI=1S/C20H21FN4OS/c1-13-2-7-19(27-13)17-12-18(24-23-17)20(26)22-15-8-10-25(11-9-15)16-5-3-14(21)4-6-16/h2-7,12,15H,8-11H2,1H3,(H,22,26)(H,23,24). The molecule has 3 aromatic rings. The number of piperidine rings is 1. The molecule has 1 amide bonds. The van der Waals surface area contributed by atoms with E-state index in [-0.39, 0.29) is 17.8 Å². The maximum Gasteiger partial charge on any atom is 0.272 e. The van der Waals surface area contributed by atoms with Crippen LogP contribution in [0.25, 0.3) is 10.6 Å². The molecule has 0 bridgehead atoms. The molecule has 1 fully saturated rings. The van der Waals surface area contributed by atoms with Gasteiger partial charge in [-0.15, -0.1) is 11.3 Å². The van der Waals surface area contributed by atoms with E-state index < -0.39 is 0 Å². The Morgan fingerprint density at radius 2 is 1.96 bits per heavy atom. The van der Waals surface area contributed by atoms with Gasteiger partial charge in [-0.2, -0.15) is 5.10 Å². The number of benzene rings is 1. The van der Waals surface area contributed by atoms with Gasteiger partial charge in [0.25, 0.3) is 5.91 Å². The molecule has 2 aromatic heterocycles. The quantitative estimate of drug-likeness (QED) is 0.715. The summed E-state index contributed by atoms with van der Waals surface area (Å²) in [6, 6.07) is 12.6. The normalized spacial score (nSPS) is 15.1. The first-order valence-corrected chi connectivity index (χ1v) is 9.84. The van der Waals surface area contributed by atoms with Gasteiger partial charge in [0.15, 0.2) is 5.69 Å². The monoisotopic (exact) mass is 384 g/mol. The van der Waals surface area contributed by atoms with Gasteiger partial charge in [0.05, 0.1) is 10.6 Å². The van der Waals surface area contributed by atoms with Crippen LogP contribution in [-0.2, 0) is 0 Å². The summed E-state index contributed by atoms with van der Waals surface area (Å²) in [5, 5.41) is 10.2. The Labute approximate surface area is 161 Å². The van der Waals surface area contributed by atoms with Gasteiger partial charge in [0.2, 0.25) is 0 Å². The number of rotatable bonds is 4. The van der Waals surface area contributed by atoms with Crippen LogP contribution in [0.4, 0.5) is 10.1 Å². The first kappa shape index (κ1) is 17.7. The Kier molecular flexibility index (Phi) is 4.94. The lowest BCUT2D eigenvalue weighted by atomic mass is 10.0. The molecular formula is C20H21FN4OS. The zero-order valence-electron chi connectivity index (χ0n) is 15.0. The molecule has 4 rings (SSSR count). The van der Waals surface area contributed by atoms with E-state index in [0.717, 1.165) is 42.2 Å². The van der Waals surface area contributed by atoms with Crippen molar-refractivity contribution in [2.24, 2.45) is 0 Å². The molecule has 140 valence electrons. The molecule has 1 aliphatic heterocycles.